The van der Waals surface area contributed by atoms with Crippen molar-refractivity contribution in [2.45, 2.75) is 31.6 Å². The van der Waals surface area contributed by atoms with Crippen molar-refractivity contribution in [3.63, 3.8) is 0 Å². The summed E-state index contributed by atoms with van der Waals surface area (Å²) in [7, 11) is 0. The molecule has 0 saturated heterocycles. The first-order chi connectivity index (χ1) is 13.4. The molecule has 1 unspecified atom stereocenters. The molecule has 0 heteroatoms. The van der Waals surface area contributed by atoms with E-state index < -0.39 is 0 Å². The number of hydrogen-bond donors (Lipinski definition) is 0. The van der Waals surface area contributed by atoms with Gasteiger partial charge in [0.05, 0.1) is 0 Å². The van der Waals surface area contributed by atoms with Crippen LogP contribution in [0.1, 0.15) is 41.9 Å². The van der Waals surface area contributed by atoms with Crippen LogP contribution in [-0.2, 0) is 6.42 Å². The third-order valence-corrected chi connectivity index (χ3v) is 6.02. The van der Waals surface area contributed by atoms with Crippen LogP contribution in [0.15, 0.2) is 84.9 Å². The number of aryl methyl sites for hydroxylation is 1. The van der Waals surface area contributed by atoms with E-state index >= 15 is 0 Å². The number of hydrogen-bond acceptors (Lipinski definition) is 0. The molecule has 4 aromatic carbocycles. The first kappa shape index (κ1) is 16.3. The van der Waals surface area contributed by atoms with E-state index in [-0.39, 0.29) is 0 Å². The fourth-order valence-electron chi connectivity index (χ4n) is 4.69. The predicted molar refractivity (Wildman–Crippen MR) is 117 cm³/mol. The Hall–Kier alpha value is -2.86. The van der Waals surface area contributed by atoms with Gasteiger partial charge in [0, 0.05) is 0 Å². The van der Waals surface area contributed by atoms with Crippen molar-refractivity contribution in [1.29, 1.82) is 0 Å². The molecule has 1 atom stereocenters. The van der Waals surface area contributed by atoms with E-state index in [0.717, 1.165) is 6.42 Å². The van der Waals surface area contributed by atoms with Gasteiger partial charge in [-0.3, -0.25) is 0 Å². The van der Waals surface area contributed by atoms with Crippen LogP contribution in [0.5, 0.6) is 0 Å². The normalized spacial score (nSPS) is 16.8. The molecule has 27 heavy (non-hydrogen) atoms. The molecular weight excluding hydrogens is 324 g/mol. The predicted octanol–water partition coefficient (Wildman–Crippen LogP) is 7.52. The summed E-state index contributed by atoms with van der Waals surface area (Å²) < 4.78 is 0. The molecule has 0 aliphatic heterocycles. The van der Waals surface area contributed by atoms with Gasteiger partial charge in [-0.25, -0.2) is 0 Å². The van der Waals surface area contributed by atoms with Crippen molar-refractivity contribution < 1.29 is 0 Å². The third-order valence-electron chi connectivity index (χ3n) is 6.02. The maximum atomic E-state index is 2.41. The second kappa shape index (κ2) is 7.04. The highest BCUT2D eigenvalue weighted by Gasteiger charge is 2.21. The molecule has 0 radical (unpaired) electrons. The van der Waals surface area contributed by atoms with Crippen molar-refractivity contribution in [1.82, 2.24) is 0 Å². The minimum Gasteiger partial charge on any atom is -0.0833 e. The van der Waals surface area contributed by atoms with E-state index in [4.69, 9.17) is 0 Å². The lowest BCUT2D eigenvalue weighted by atomic mass is 9.78. The van der Waals surface area contributed by atoms with Crippen LogP contribution in [0.2, 0.25) is 0 Å². The standard InChI is InChI=1S/C27H24/c1-2-8-20(9-3-1)10-6-12-21-13-7-15-25-24(21)18-19-26-23-14-5-4-11-22(23)16-17-27(25)26/h1-6,8-11,14,16-19,21H,7,12-13,15H2/b10-6+. The van der Waals surface area contributed by atoms with Crippen LogP contribution in [0.3, 0.4) is 0 Å². The van der Waals surface area contributed by atoms with Crippen molar-refractivity contribution >= 4 is 27.6 Å². The Morgan fingerprint density at radius 2 is 1.56 bits per heavy atom. The zero-order chi connectivity index (χ0) is 18.1. The van der Waals surface area contributed by atoms with E-state index in [1.165, 1.54) is 46.4 Å². The molecule has 0 nitrogen and oxygen atoms in total. The summed E-state index contributed by atoms with van der Waals surface area (Å²) >= 11 is 0. The quantitative estimate of drug-likeness (QED) is 0.336. The zero-order valence-corrected chi connectivity index (χ0v) is 15.6. The summed E-state index contributed by atoms with van der Waals surface area (Å²) in [5.41, 5.74) is 4.45. The summed E-state index contributed by atoms with van der Waals surface area (Å²) in [4.78, 5) is 0. The van der Waals surface area contributed by atoms with Gasteiger partial charge in [-0.05, 0) is 69.8 Å². The van der Waals surface area contributed by atoms with Gasteiger partial charge < -0.3 is 0 Å². The molecule has 0 bridgehead atoms. The maximum Gasteiger partial charge on any atom is -0.0102 e. The first-order valence-electron chi connectivity index (χ1n) is 10.0. The number of fused-ring (bicyclic) bond motifs is 5. The van der Waals surface area contributed by atoms with E-state index in [1.54, 1.807) is 11.1 Å². The lowest BCUT2D eigenvalue weighted by Crippen LogP contribution is -2.09. The van der Waals surface area contributed by atoms with Gasteiger partial charge in [-0.1, -0.05) is 91.0 Å². The van der Waals surface area contributed by atoms with Gasteiger partial charge in [0.2, 0.25) is 0 Å². The largest absolute Gasteiger partial charge is 0.0833 e. The minimum absolute atomic E-state index is 0.643. The fraction of sp³-hybridized carbons (Fsp3) is 0.185. The van der Waals surface area contributed by atoms with Gasteiger partial charge in [-0.15, -0.1) is 0 Å². The van der Waals surface area contributed by atoms with Gasteiger partial charge in [0.1, 0.15) is 0 Å². The van der Waals surface area contributed by atoms with Crippen LogP contribution in [0.4, 0.5) is 0 Å². The van der Waals surface area contributed by atoms with Crippen molar-refractivity contribution in [3.8, 4) is 0 Å². The highest BCUT2D eigenvalue weighted by molar-refractivity contribution is 6.08. The molecular formula is C27H24. The highest BCUT2D eigenvalue weighted by Crippen LogP contribution is 2.39. The summed E-state index contributed by atoms with van der Waals surface area (Å²) in [6, 6.07) is 28.8. The topological polar surface area (TPSA) is 0 Å². The van der Waals surface area contributed by atoms with Crippen molar-refractivity contribution in [2.75, 3.05) is 0 Å². The summed E-state index contributed by atoms with van der Waals surface area (Å²) in [5, 5.41) is 5.59. The molecule has 0 fully saturated rings. The van der Waals surface area contributed by atoms with Crippen LogP contribution in [0, 0.1) is 0 Å². The molecule has 0 N–H and O–H groups in total. The Balaban J connectivity index is 1.51. The van der Waals surface area contributed by atoms with E-state index in [2.05, 4.69) is 91.0 Å². The SMILES string of the molecule is C(=C\c1ccccc1)/CC1CCCc2c1ccc1c2ccc2ccccc21. The second-order valence-corrected chi connectivity index (χ2v) is 7.65. The molecule has 5 rings (SSSR count). The van der Waals surface area contributed by atoms with E-state index in [0.29, 0.717) is 5.92 Å². The van der Waals surface area contributed by atoms with Gasteiger partial charge in [0.25, 0.3) is 0 Å². The molecule has 1 aliphatic carbocycles. The van der Waals surface area contributed by atoms with E-state index in [9.17, 15) is 0 Å². The summed E-state index contributed by atoms with van der Waals surface area (Å²) in [6.45, 7) is 0. The highest BCUT2D eigenvalue weighted by atomic mass is 14.3. The Kier molecular flexibility index (Phi) is 4.26. The van der Waals surface area contributed by atoms with Crippen LogP contribution >= 0.6 is 0 Å². The van der Waals surface area contributed by atoms with Gasteiger partial charge in [0.15, 0.2) is 0 Å². The van der Waals surface area contributed by atoms with Crippen LogP contribution in [0.25, 0.3) is 27.6 Å². The first-order valence-corrected chi connectivity index (χ1v) is 10.0. The summed E-state index contributed by atoms with van der Waals surface area (Å²) in [5.74, 6) is 0.643. The fourth-order valence-corrected chi connectivity index (χ4v) is 4.69. The molecule has 0 spiro atoms. The van der Waals surface area contributed by atoms with E-state index in [1.807, 2.05) is 0 Å². The van der Waals surface area contributed by atoms with Gasteiger partial charge >= 0.3 is 0 Å². The smallest absolute Gasteiger partial charge is 0.0102 e. The molecule has 0 amide bonds. The Morgan fingerprint density at radius 3 is 2.48 bits per heavy atom. The Bertz CT molecular complexity index is 1120. The van der Waals surface area contributed by atoms with Crippen molar-refractivity contribution in [2.24, 2.45) is 0 Å². The van der Waals surface area contributed by atoms with Crippen LogP contribution in [-0.4, -0.2) is 0 Å². The number of rotatable bonds is 3. The number of allylic oxidation sites excluding steroid dienone is 1. The van der Waals surface area contributed by atoms with Crippen molar-refractivity contribution in [3.05, 3.63) is 102 Å². The lowest BCUT2D eigenvalue weighted by Gasteiger charge is -2.26. The zero-order valence-electron chi connectivity index (χ0n) is 15.6. The molecule has 1 aliphatic rings. The molecule has 132 valence electrons. The number of benzene rings is 4. The Morgan fingerprint density at radius 1 is 0.741 bits per heavy atom. The third kappa shape index (κ3) is 3.06. The summed E-state index contributed by atoms with van der Waals surface area (Å²) in [6.07, 6.45) is 9.56. The molecule has 0 aromatic heterocycles. The Labute approximate surface area is 161 Å². The minimum atomic E-state index is 0.643. The average Bonchev–Trinajstić information content (AvgIpc) is 2.74. The molecule has 0 saturated carbocycles. The van der Waals surface area contributed by atoms with Crippen LogP contribution < -0.4 is 0 Å². The lowest BCUT2D eigenvalue weighted by molar-refractivity contribution is 0.561. The molecule has 4 aromatic rings. The van der Waals surface area contributed by atoms with Gasteiger partial charge in [-0.2, -0.15) is 0 Å². The maximum absolute atomic E-state index is 2.41. The average molecular weight is 348 g/mol. The monoisotopic (exact) mass is 348 g/mol. The molecule has 0 heterocycles. The second-order valence-electron chi connectivity index (χ2n) is 7.65.